The number of ether oxygens (including phenoxy) is 3. The van der Waals surface area contributed by atoms with E-state index in [9.17, 15) is 27.6 Å². The molecule has 1 amide bonds. The second-order valence-electron chi connectivity index (χ2n) is 15.5. The number of carbonyl (C=O) groups excluding carboxylic acids is 3. The third-order valence-electron chi connectivity index (χ3n) is 11.8. The van der Waals surface area contributed by atoms with Gasteiger partial charge in [-0.1, -0.05) is 62.4 Å². The van der Waals surface area contributed by atoms with Crippen LogP contribution in [0.15, 0.2) is 66.7 Å². The number of likely N-dealkylation sites (tertiary alicyclic amines) is 1. The Labute approximate surface area is 308 Å². The van der Waals surface area contributed by atoms with Crippen molar-refractivity contribution in [2.24, 2.45) is 5.92 Å². The van der Waals surface area contributed by atoms with Gasteiger partial charge in [0.1, 0.15) is 11.7 Å². The number of aryl methyl sites for hydroxylation is 1. The zero-order chi connectivity index (χ0) is 37.7. The molecule has 0 N–H and O–H groups in total. The lowest BCUT2D eigenvalue weighted by atomic mass is 9.48. The van der Waals surface area contributed by atoms with Gasteiger partial charge < -0.3 is 19.1 Å². The maximum Gasteiger partial charge on any atom is 0.416 e. The molecule has 53 heavy (non-hydrogen) atoms. The Morgan fingerprint density at radius 3 is 2.32 bits per heavy atom. The molecule has 4 aliphatic rings. The first-order valence-electron chi connectivity index (χ1n) is 18.7. The molecule has 2 aliphatic carbocycles. The quantitative estimate of drug-likeness (QED) is 0.154. The maximum absolute atomic E-state index is 14.3. The van der Waals surface area contributed by atoms with E-state index in [1.54, 1.807) is 6.07 Å². The number of hydrogen-bond acceptors (Lipinski definition) is 7. The molecule has 1 spiro atoms. The summed E-state index contributed by atoms with van der Waals surface area (Å²) < 4.78 is 59.0. The van der Waals surface area contributed by atoms with E-state index in [1.807, 2.05) is 43.0 Å². The molecule has 8 nitrogen and oxygen atoms in total. The van der Waals surface area contributed by atoms with Crippen molar-refractivity contribution in [3.8, 4) is 11.5 Å². The molecule has 11 heteroatoms. The predicted octanol–water partition coefficient (Wildman–Crippen LogP) is 7.08. The molecule has 0 aromatic heterocycles. The largest absolute Gasteiger partial charge is 0.483 e. The first kappa shape index (κ1) is 37.0. The molecule has 3 aromatic rings. The second kappa shape index (κ2) is 14.1. The molecule has 0 radical (unpaired) electrons. The van der Waals surface area contributed by atoms with Crippen molar-refractivity contribution in [1.82, 2.24) is 9.80 Å². The Kier molecular flexibility index (Phi) is 9.84. The van der Waals surface area contributed by atoms with Crippen LogP contribution >= 0.6 is 0 Å². The second-order valence-corrected chi connectivity index (χ2v) is 15.5. The first-order valence-corrected chi connectivity index (χ1v) is 18.7. The van der Waals surface area contributed by atoms with Crippen molar-refractivity contribution >= 4 is 17.8 Å². The van der Waals surface area contributed by atoms with Crippen molar-refractivity contribution < 1.29 is 41.8 Å². The van der Waals surface area contributed by atoms with Crippen LogP contribution in [-0.2, 0) is 50.0 Å². The number of carbonyl (C=O) groups is 3. The highest BCUT2D eigenvalue weighted by Gasteiger charge is 2.75. The Morgan fingerprint density at radius 2 is 1.66 bits per heavy atom. The molecule has 2 heterocycles. The van der Waals surface area contributed by atoms with Crippen molar-refractivity contribution in [1.29, 1.82) is 0 Å². The zero-order valence-corrected chi connectivity index (χ0v) is 30.7. The van der Waals surface area contributed by atoms with E-state index in [0.29, 0.717) is 49.3 Å². The molecule has 7 rings (SSSR count). The average molecular weight is 733 g/mol. The number of hydrogen-bond donors (Lipinski definition) is 0. The molecular weight excluding hydrogens is 685 g/mol. The van der Waals surface area contributed by atoms with Crippen molar-refractivity contribution in [2.45, 2.75) is 108 Å². The lowest BCUT2D eigenvalue weighted by molar-refractivity contribution is -0.224. The van der Waals surface area contributed by atoms with Crippen LogP contribution in [0.3, 0.4) is 0 Å². The van der Waals surface area contributed by atoms with Gasteiger partial charge in [0.2, 0.25) is 5.91 Å². The molecule has 2 bridgehead atoms. The summed E-state index contributed by atoms with van der Waals surface area (Å²) >= 11 is 0. The van der Waals surface area contributed by atoms with Gasteiger partial charge in [-0.15, -0.1) is 0 Å². The van der Waals surface area contributed by atoms with E-state index in [1.165, 1.54) is 31.5 Å². The van der Waals surface area contributed by atoms with E-state index in [-0.39, 0.29) is 36.7 Å². The number of amides is 1. The van der Waals surface area contributed by atoms with Crippen LogP contribution in [0.1, 0.15) is 81.2 Å². The van der Waals surface area contributed by atoms with Gasteiger partial charge in [0.25, 0.3) is 0 Å². The Bertz CT molecular complexity index is 1860. The zero-order valence-electron chi connectivity index (χ0n) is 30.7. The van der Waals surface area contributed by atoms with Gasteiger partial charge in [-0.3, -0.25) is 19.3 Å². The summed E-state index contributed by atoms with van der Waals surface area (Å²) in [6.07, 6.45) is -1.58. The topological polar surface area (TPSA) is 85.4 Å². The summed E-state index contributed by atoms with van der Waals surface area (Å²) in [4.78, 5) is 44.2. The Morgan fingerprint density at radius 1 is 0.943 bits per heavy atom. The predicted molar refractivity (Wildman–Crippen MR) is 192 cm³/mol. The minimum atomic E-state index is -4.44. The smallest absolute Gasteiger partial charge is 0.416 e. The summed E-state index contributed by atoms with van der Waals surface area (Å²) in [5.41, 5.74) is 1.32. The van der Waals surface area contributed by atoms with Crippen LogP contribution in [0.2, 0.25) is 0 Å². The highest BCUT2D eigenvalue weighted by molar-refractivity contribution is 5.78. The highest BCUT2D eigenvalue weighted by atomic mass is 19.4. The van der Waals surface area contributed by atoms with Crippen LogP contribution < -0.4 is 9.47 Å². The first-order chi connectivity index (χ1) is 25.2. The molecule has 282 valence electrons. The van der Waals surface area contributed by atoms with Crippen molar-refractivity contribution in [2.75, 3.05) is 19.6 Å². The molecule has 2 fully saturated rings. The van der Waals surface area contributed by atoms with Gasteiger partial charge >= 0.3 is 18.1 Å². The third-order valence-corrected chi connectivity index (χ3v) is 11.8. The number of alkyl halides is 3. The Hall–Kier alpha value is -4.38. The van der Waals surface area contributed by atoms with E-state index in [4.69, 9.17) is 14.2 Å². The fourth-order valence-corrected chi connectivity index (χ4v) is 9.84. The lowest BCUT2D eigenvalue weighted by Gasteiger charge is -2.65. The van der Waals surface area contributed by atoms with Crippen LogP contribution in [0, 0.1) is 5.92 Å². The van der Waals surface area contributed by atoms with Crippen LogP contribution in [-0.4, -0.2) is 71.1 Å². The molecule has 2 unspecified atom stereocenters. The van der Waals surface area contributed by atoms with Gasteiger partial charge in [0.05, 0.1) is 23.1 Å². The summed E-state index contributed by atoms with van der Waals surface area (Å²) in [7, 11) is 0. The molecule has 3 aromatic carbocycles. The van der Waals surface area contributed by atoms with Gasteiger partial charge in [0, 0.05) is 38.9 Å². The lowest BCUT2D eigenvalue weighted by Crippen LogP contribution is -2.79. The summed E-state index contributed by atoms with van der Waals surface area (Å²) in [6.45, 7) is 8.83. The SMILES string of the molecule is CC(=O)Oc1ccc2c3c1OC1C(N(CC(C)C)C(=O)CCc4ccc(C(F)(F)F)cc4)CC[C@@]4(OC(C)=O)[C@@H](C2)N(CCc2ccccc2)CC[C@]314. The van der Waals surface area contributed by atoms with Crippen molar-refractivity contribution in [3.05, 3.63) is 94.5 Å². The number of piperidine rings is 1. The van der Waals surface area contributed by atoms with Crippen LogP contribution in [0.5, 0.6) is 11.5 Å². The number of esters is 2. The summed E-state index contributed by atoms with van der Waals surface area (Å²) in [5, 5.41) is 0. The summed E-state index contributed by atoms with van der Waals surface area (Å²) in [6, 6.07) is 18.5. The van der Waals surface area contributed by atoms with Gasteiger partial charge in [-0.05, 0) is 85.9 Å². The third kappa shape index (κ3) is 6.59. The fourth-order valence-electron chi connectivity index (χ4n) is 9.84. The van der Waals surface area contributed by atoms with Gasteiger partial charge in [-0.2, -0.15) is 13.2 Å². The van der Waals surface area contributed by atoms with E-state index in [2.05, 4.69) is 17.0 Å². The van der Waals surface area contributed by atoms with E-state index in [0.717, 1.165) is 42.8 Å². The number of nitrogens with zero attached hydrogens (tertiary/aromatic N) is 2. The standard InChI is InChI=1S/C42H47F3N2O6/c1-26(2)25-47(36(50)17-12-30-10-14-32(15-11-30)42(43,44)45)33-18-20-41(53-28(4)49)35-24-31-13-16-34(51-27(3)48)38-37(31)40(41,39(33)52-38)21-23-46(35)22-19-29-8-6-5-7-9-29/h5-11,13-16,26,33,35,39H,12,17-25H2,1-4H3/t33?,35-,39?,40+,41-/m1/s1. The van der Waals surface area contributed by atoms with E-state index >= 15 is 0 Å². The summed E-state index contributed by atoms with van der Waals surface area (Å²) in [5.74, 6) is -0.0841. The number of halogens is 3. The molecule has 1 saturated carbocycles. The maximum atomic E-state index is 14.3. The minimum Gasteiger partial charge on any atom is -0.483 e. The fraction of sp³-hybridized carbons (Fsp3) is 0.500. The van der Waals surface area contributed by atoms with Crippen molar-refractivity contribution in [3.63, 3.8) is 0 Å². The van der Waals surface area contributed by atoms with E-state index < -0.39 is 40.9 Å². The molecule has 2 aliphatic heterocycles. The highest BCUT2D eigenvalue weighted by Crippen LogP contribution is 2.67. The molecule has 1 saturated heterocycles. The van der Waals surface area contributed by atoms with Crippen LogP contribution in [0.25, 0.3) is 0 Å². The van der Waals surface area contributed by atoms with Crippen LogP contribution in [0.4, 0.5) is 13.2 Å². The molecular formula is C42H47F3N2O6. The molecule has 5 atom stereocenters. The monoisotopic (exact) mass is 732 g/mol. The normalized spacial score (nSPS) is 25.7. The minimum absolute atomic E-state index is 0.107. The Balaban J connectivity index is 1.27. The number of benzene rings is 3. The average Bonchev–Trinajstić information content (AvgIpc) is 3.46. The van der Waals surface area contributed by atoms with Gasteiger partial charge in [-0.25, -0.2) is 0 Å². The number of rotatable bonds is 11. The van der Waals surface area contributed by atoms with Gasteiger partial charge in [0.15, 0.2) is 11.5 Å².